The van der Waals surface area contributed by atoms with Gasteiger partial charge in [-0.05, 0) is 0 Å². The van der Waals surface area contributed by atoms with Crippen LogP contribution in [0.3, 0.4) is 0 Å². The molecule has 0 atom stereocenters. The van der Waals surface area contributed by atoms with Crippen molar-refractivity contribution in [2.24, 2.45) is 17.2 Å². The van der Waals surface area contributed by atoms with Crippen LogP contribution < -0.4 is 22.5 Å². The predicted molar refractivity (Wildman–Crippen MR) is 55.8 cm³/mol. The second-order valence-electron chi connectivity index (χ2n) is 1.95. The Kier molecular flexibility index (Phi) is 39.9. The van der Waals surface area contributed by atoms with E-state index in [1.807, 2.05) is 0 Å². The van der Waals surface area contributed by atoms with Gasteiger partial charge in [0.2, 0.25) is 0 Å². The number of rotatable bonds is 5. The molecule has 7 nitrogen and oxygen atoms in total. The van der Waals surface area contributed by atoms with Crippen LogP contribution in [0.2, 0.25) is 0 Å². The van der Waals surface area contributed by atoms with Crippen LogP contribution in [-0.2, 0) is 4.79 Å². The lowest BCUT2D eigenvalue weighted by molar-refractivity contribution is -0.122. The molecule has 0 fully saturated rings. The van der Waals surface area contributed by atoms with E-state index in [0.717, 1.165) is 13.1 Å². The lowest BCUT2D eigenvalue weighted by Gasteiger charge is -1.95. The number of nitrogens with two attached hydrogens (primary N) is 3. The molecule has 0 aromatic rings. The molecule has 0 aromatic carbocycles. The molecule has 0 amide bonds. The van der Waals surface area contributed by atoms with E-state index in [-0.39, 0.29) is 13.1 Å². The third kappa shape index (κ3) is 65.2. The first-order valence-electron chi connectivity index (χ1n) is 4.24. The molecule has 0 spiro atoms. The molecule has 0 unspecified atom stereocenters. The van der Waals surface area contributed by atoms with E-state index in [0.29, 0.717) is 19.6 Å². The summed E-state index contributed by atoms with van der Waals surface area (Å²) in [6, 6.07) is 0. The molecule has 14 heavy (non-hydrogen) atoms. The summed E-state index contributed by atoms with van der Waals surface area (Å²) in [5.41, 5.74) is 15.1. The molecule has 0 rings (SSSR count). The second-order valence-corrected chi connectivity index (χ2v) is 1.95. The van der Waals surface area contributed by atoms with Crippen molar-refractivity contribution in [3.05, 3.63) is 0 Å². The molecular formula is C7H22N4O3. The Labute approximate surface area is 84.3 Å². The minimum Gasteiger partial charge on any atom is -0.483 e. The van der Waals surface area contributed by atoms with Crippen molar-refractivity contribution >= 4 is 6.47 Å². The summed E-state index contributed by atoms with van der Waals surface area (Å²) in [5, 5.41) is 17.7. The van der Waals surface area contributed by atoms with Crippen molar-refractivity contribution in [2.45, 2.75) is 0 Å². The fourth-order valence-electron chi connectivity index (χ4n) is 0.329. The molecule has 88 valence electrons. The van der Waals surface area contributed by atoms with Crippen LogP contribution in [0.4, 0.5) is 0 Å². The number of carboxylic acid groups (broad SMARTS) is 1. The average Bonchev–Trinajstić information content (AvgIpc) is 2.20. The third-order valence-electron chi connectivity index (χ3n) is 0.771. The van der Waals surface area contributed by atoms with Gasteiger partial charge in [0, 0.05) is 32.7 Å². The number of nitrogens with one attached hydrogen (secondary N) is 1. The first kappa shape index (κ1) is 18.9. The van der Waals surface area contributed by atoms with Gasteiger partial charge in [-0.15, -0.1) is 0 Å². The maximum atomic E-state index is 8.36. The summed E-state index contributed by atoms with van der Waals surface area (Å²) in [6.07, 6.45) is 0. The maximum absolute atomic E-state index is 8.36. The lowest BCUT2D eigenvalue weighted by Crippen LogP contribution is -2.27. The number of hydrogen-bond donors (Lipinski definition) is 6. The Bertz CT molecular complexity index is 79.3. The monoisotopic (exact) mass is 210 g/mol. The Morgan fingerprint density at radius 2 is 1.36 bits per heavy atom. The molecule has 0 aromatic heterocycles. The normalized spacial score (nSPS) is 7.71. The van der Waals surface area contributed by atoms with E-state index >= 15 is 0 Å². The zero-order valence-corrected chi connectivity index (χ0v) is 8.35. The highest BCUT2D eigenvalue weighted by molar-refractivity contribution is 5.32. The Hall–Kier alpha value is -0.730. The fraction of sp³-hybridized carbons (Fsp3) is 0.857. The first-order valence-corrected chi connectivity index (χ1v) is 4.24. The smallest absolute Gasteiger partial charge is 0.290 e. The minimum absolute atomic E-state index is 0.0972. The van der Waals surface area contributed by atoms with Gasteiger partial charge < -0.3 is 32.7 Å². The predicted octanol–water partition coefficient (Wildman–Crippen LogP) is -2.87. The highest BCUT2D eigenvalue weighted by Gasteiger charge is 1.76. The largest absolute Gasteiger partial charge is 0.483 e. The zero-order chi connectivity index (χ0) is 11.7. The first-order chi connectivity index (χ1) is 6.74. The number of carbonyl (C=O) groups is 1. The summed E-state index contributed by atoms with van der Waals surface area (Å²) in [5.74, 6) is 0. The SMILES string of the molecule is NCCNCCN.NCCO.O=CO. The summed E-state index contributed by atoms with van der Waals surface area (Å²) >= 11 is 0. The van der Waals surface area contributed by atoms with E-state index in [1.165, 1.54) is 0 Å². The lowest BCUT2D eigenvalue weighted by atomic mass is 10.6. The molecule has 0 saturated carbocycles. The van der Waals surface area contributed by atoms with Crippen LogP contribution in [-0.4, -0.2) is 56.0 Å². The zero-order valence-electron chi connectivity index (χ0n) is 8.35. The Morgan fingerprint density at radius 3 is 1.50 bits per heavy atom. The highest BCUT2D eigenvalue weighted by atomic mass is 16.3. The van der Waals surface area contributed by atoms with Crippen LogP contribution in [0.5, 0.6) is 0 Å². The second kappa shape index (κ2) is 29.5. The summed E-state index contributed by atoms with van der Waals surface area (Å²) in [4.78, 5) is 8.36. The van der Waals surface area contributed by atoms with Crippen molar-refractivity contribution in [3.8, 4) is 0 Å². The van der Waals surface area contributed by atoms with Gasteiger partial charge in [0.1, 0.15) is 0 Å². The van der Waals surface area contributed by atoms with E-state index < -0.39 is 0 Å². The summed E-state index contributed by atoms with van der Waals surface area (Å²) < 4.78 is 0. The number of hydrogen-bond acceptors (Lipinski definition) is 6. The summed E-state index contributed by atoms with van der Waals surface area (Å²) in [7, 11) is 0. The quantitative estimate of drug-likeness (QED) is 0.211. The van der Waals surface area contributed by atoms with Crippen LogP contribution in [0.15, 0.2) is 0 Å². The molecule has 0 aliphatic heterocycles. The standard InChI is InChI=1S/C4H13N3.C2H7NO.CH2O2/c5-1-3-7-4-2-6;3-1-2-4;2-1-3/h7H,1-6H2;4H,1-3H2;1H,(H,2,3). The van der Waals surface area contributed by atoms with Gasteiger partial charge in [-0.3, -0.25) is 4.79 Å². The van der Waals surface area contributed by atoms with Crippen LogP contribution in [0.25, 0.3) is 0 Å². The highest BCUT2D eigenvalue weighted by Crippen LogP contribution is 1.49. The summed E-state index contributed by atoms with van der Waals surface area (Å²) in [6.45, 7) is 3.36. The molecule has 0 saturated heterocycles. The fourth-order valence-corrected chi connectivity index (χ4v) is 0.329. The van der Waals surface area contributed by atoms with Crippen molar-refractivity contribution in [1.29, 1.82) is 0 Å². The molecule has 0 heterocycles. The van der Waals surface area contributed by atoms with Crippen molar-refractivity contribution < 1.29 is 15.0 Å². The molecule has 7 heteroatoms. The third-order valence-corrected chi connectivity index (χ3v) is 0.771. The van der Waals surface area contributed by atoms with Gasteiger partial charge in [0.15, 0.2) is 0 Å². The number of aliphatic hydroxyl groups is 1. The van der Waals surface area contributed by atoms with Crippen molar-refractivity contribution in [3.63, 3.8) is 0 Å². The van der Waals surface area contributed by atoms with Gasteiger partial charge >= 0.3 is 0 Å². The van der Waals surface area contributed by atoms with Gasteiger partial charge in [-0.2, -0.15) is 0 Å². The van der Waals surface area contributed by atoms with E-state index in [1.54, 1.807) is 0 Å². The molecule has 0 aliphatic rings. The van der Waals surface area contributed by atoms with E-state index in [9.17, 15) is 0 Å². The van der Waals surface area contributed by atoms with Crippen molar-refractivity contribution in [2.75, 3.05) is 39.3 Å². The van der Waals surface area contributed by atoms with Crippen molar-refractivity contribution in [1.82, 2.24) is 5.32 Å². The Morgan fingerprint density at radius 1 is 1.07 bits per heavy atom. The van der Waals surface area contributed by atoms with Crippen LogP contribution >= 0.6 is 0 Å². The van der Waals surface area contributed by atoms with E-state index in [4.69, 9.17) is 32.2 Å². The minimum atomic E-state index is -0.250. The van der Waals surface area contributed by atoms with Gasteiger partial charge in [-0.1, -0.05) is 0 Å². The Balaban J connectivity index is -0.000000147. The topological polar surface area (TPSA) is 148 Å². The number of aliphatic hydroxyl groups excluding tert-OH is 1. The molecule has 0 radical (unpaired) electrons. The average molecular weight is 210 g/mol. The van der Waals surface area contributed by atoms with Crippen LogP contribution in [0.1, 0.15) is 0 Å². The van der Waals surface area contributed by atoms with Gasteiger partial charge in [0.25, 0.3) is 6.47 Å². The van der Waals surface area contributed by atoms with Gasteiger partial charge in [0.05, 0.1) is 6.61 Å². The molecule has 0 aliphatic carbocycles. The van der Waals surface area contributed by atoms with Gasteiger partial charge in [-0.25, -0.2) is 0 Å². The maximum Gasteiger partial charge on any atom is 0.290 e. The molecule has 9 N–H and O–H groups in total. The molecular weight excluding hydrogens is 188 g/mol. The van der Waals surface area contributed by atoms with Crippen LogP contribution in [0, 0.1) is 0 Å². The van der Waals surface area contributed by atoms with E-state index in [2.05, 4.69) is 5.32 Å². The molecule has 0 bridgehead atoms.